The van der Waals surface area contributed by atoms with Crippen LogP contribution in [0.25, 0.3) is 21.8 Å². The molecule has 0 aliphatic carbocycles. The van der Waals surface area contributed by atoms with Crippen molar-refractivity contribution < 1.29 is 29.2 Å². The average Bonchev–Trinajstić information content (AvgIpc) is 3.26. The molecule has 8 heteroatoms. The molecule has 1 aromatic heterocycles. The minimum atomic E-state index is -1.05. The van der Waals surface area contributed by atoms with Crippen LogP contribution >= 0.6 is 0 Å². The zero-order valence-corrected chi connectivity index (χ0v) is 22.2. The molecule has 4 aromatic rings. The van der Waals surface area contributed by atoms with Gasteiger partial charge in [-0.05, 0) is 50.2 Å². The molecule has 2 heterocycles. The Labute approximate surface area is 223 Å². The number of β-amino-alcohol motifs (C(OH)–C–C–N with tert-alkyl or cyclic N) is 1. The Kier molecular flexibility index (Phi) is 9.10. The molecule has 0 bridgehead atoms. The van der Waals surface area contributed by atoms with Gasteiger partial charge >= 0.3 is 5.97 Å². The standard InChI is InChI=1S/C20H24N2O.C10H12O5/c23-16(14-21-12-6-1-7-13-21)15-22-19-10-4-2-8-17(19)18-9-3-5-11-20(18)22;1-13-7-4-6(10(11)12)5-8(14-2)9(7)15-3/h2-5,8-11,16,23H,1,6-7,12-15H2;4-5H,1-3H3,(H,11,12). The molecule has 1 saturated heterocycles. The molecule has 202 valence electrons. The van der Waals surface area contributed by atoms with Crippen LogP contribution in [0.4, 0.5) is 0 Å². The van der Waals surface area contributed by atoms with Crippen LogP contribution in [-0.2, 0) is 6.54 Å². The zero-order chi connectivity index (χ0) is 27.1. The first-order chi connectivity index (χ1) is 18.5. The van der Waals surface area contributed by atoms with Crippen molar-refractivity contribution in [2.24, 2.45) is 0 Å². The number of carboxylic acid groups (broad SMARTS) is 1. The topological polar surface area (TPSA) is 93.4 Å². The lowest BCUT2D eigenvalue weighted by Crippen LogP contribution is -2.38. The molecule has 0 spiro atoms. The number of carbonyl (C=O) groups is 1. The number of aliphatic hydroxyl groups excluding tert-OH is 1. The van der Waals surface area contributed by atoms with Crippen molar-refractivity contribution in [3.63, 3.8) is 0 Å². The molecule has 3 aromatic carbocycles. The Morgan fingerprint density at radius 2 is 1.34 bits per heavy atom. The summed E-state index contributed by atoms with van der Waals surface area (Å²) in [7, 11) is 4.33. The number of likely N-dealkylation sites (tertiary alicyclic amines) is 1. The fraction of sp³-hybridized carbons (Fsp3) is 0.367. The van der Waals surface area contributed by atoms with Gasteiger partial charge in [-0.3, -0.25) is 0 Å². The lowest BCUT2D eigenvalue weighted by molar-refractivity contribution is 0.0696. The van der Waals surface area contributed by atoms with Gasteiger partial charge in [0.1, 0.15) is 0 Å². The van der Waals surface area contributed by atoms with Crippen molar-refractivity contribution in [2.45, 2.75) is 31.9 Å². The second-order valence-electron chi connectivity index (χ2n) is 9.38. The number of hydrogen-bond acceptors (Lipinski definition) is 6. The van der Waals surface area contributed by atoms with Crippen molar-refractivity contribution in [1.29, 1.82) is 0 Å². The fourth-order valence-electron chi connectivity index (χ4n) is 5.11. The predicted octanol–water partition coefficient (Wildman–Crippen LogP) is 5.05. The van der Waals surface area contributed by atoms with Crippen molar-refractivity contribution in [2.75, 3.05) is 41.0 Å². The summed E-state index contributed by atoms with van der Waals surface area (Å²) in [5.41, 5.74) is 2.52. The molecule has 1 unspecified atom stereocenters. The number of carboxylic acids is 1. The Bertz CT molecular complexity index is 1300. The van der Waals surface area contributed by atoms with Gasteiger partial charge in [-0.1, -0.05) is 42.8 Å². The Morgan fingerprint density at radius 1 is 0.816 bits per heavy atom. The maximum Gasteiger partial charge on any atom is 0.335 e. The van der Waals surface area contributed by atoms with Gasteiger partial charge in [-0.2, -0.15) is 0 Å². The second-order valence-corrected chi connectivity index (χ2v) is 9.38. The Hall–Kier alpha value is -3.75. The maximum absolute atomic E-state index is 10.8. The van der Waals surface area contributed by atoms with Gasteiger partial charge in [0.2, 0.25) is 5.75 Å². The van der Waals surface area contributed by atoms with E-state index in [1.807, 2.05) is 0 Å². The summed E-state index contributed by atoms with van der Waals surface area (Å²) in [6.45, 7) is 3.69. The number of ether oxygens (including phenoxy) is 3. The molecule has 1 aliphatic heterocycles. The van der Waals surface area contributed by atoms with Gasteiger partial charge in [0, 0.05) is 28.4 Å². The van der Waals surface area contributed by atoms with E-state index in [2.05, 4.69) is 58.0 Å². The van der Waals surface area contributed by atoms with E-state index >= 15 is 0 Å². The van der Waals surface area contributed by atoms with E-state index in [1.54, 1.807) is 0 Å². The zero-order valence-electron chi connectivity index (χ0n) is 22.2. The van der Waals surface area contributed by atoms with Crippen molar-refractivity contribution >= 4 is 27.8 Å². The summed E-state index contributed by atoms with van der Waals surface area (Å²) in [4.78, 5) is 13.2. The lowest BCUT2D eigenvalue weighted by atomic mass is 10.1. The van der Waals surface area contributed by atoms with Gasteiger partial charge < -0.3 is 33.9 Å². The maximum atomic E-state index is 10.8. The smallest absolute Gasteiger partial charge is 0.335 e. The summed E-state index contributed by atoms with van der Waals surface area (Å²) in [6, 6.07) is 19.7. The van der Waals surface area contributed by atoms with Crippen molar-refractivity contribution in [3.05, 3.63) is 66.2 Å². The summed E-state index contributed by atoms with van der Waals surface area (Å²) in [5.74, 6) is -0.0113. The highest BCUT2D eigenvalue weighted by atomic mass is 16.5. The van der Waals surface area contributed by atoms with Crippen LogP contribution in [0.2, 0.25) is 0 Å². The monoisotopic (exact) mass is 520 g/mol. The average molecular weight is 521 g/mol. The van der Waals surface area contributed by atoms with Crippen LogP contribution < -0.4 is 14.2 Å². The summed E-state index contributed by atoms with van der Waals surface area (Å²) in [6.07, 6.45) is 3.54. The Balaban J connectivity index is 0.000000196. The van der Waals surface area contributed by atoms with Crippen LogP contribution in [0.1, 0.15) is 29.6 Å². The first kappa shape index (κ1) is 27.3. The van der Waals surface area contributed by atoms with Gasteiger partial charge in [0.15, 0.2) is 11.5 Å². The van der Waals surface area contributed by atoms with Crippen molar-refractivity contribution in [3.8, 4) is 17.2 Å². The summed E-state index contributed by atoms with van der Waals surface area (Å²) >= 11 is 0. The first-order valence-corrected chi connectivity index (χ1v) is 12.9. The van der Waals surface area contributed by atoms with Gasteiger partial charge in [-0.15, -0.1) is 0 Å². The molecule has 5 rings (SSSR count). The van der Waals surface area contributed by atoms with E-state index in [9.17, 15) is 9.90 Å². The number of benzene rings is 3. The molecule has 1 atom stereocenters. The number of rotatable bonds is 8. The van der Waals surface area contributed by atoms with Crippen LogP contribution in [0, 0.1) is 0 Å². The van der Waals surface area contributed by atoms with Gasteiger partial charge in [0.25, 0.3) is 0 Å². The molecular formula is C30H36N2O6. The Morgan fingerprint density at radius 3 is 1.82 bits per heavy atom. The number of aromatic carboxylic acids is 1. The molecule has 0 radical (unpaired) electrons. The molecule has 1 aliphatic rings. The van der Waals surface area contributed by atoms with E-state index in [0.29, 0.717) is 23.8 Å². The SMILES string of the molecule is COc1cc(C(=O)O)cc(OC)c1OC.OC(CN1CCCCC1)Cn1c2ccccc2c2ccccc21. The van der Waals surface area contributed by atoms with Crippen molar-refractivity contribution in [1.82, 2.24) is 9.47 Å². The van der Waals surface area contributed by atoms with E-state index in [1.165, 1.54) is 74.5 Å². The number of aromatic nitrogens is 1. The van der Waals surface area contributed by atoms with E-state index in [0.717, 1.165) is 19.6 Å². The summed E-state index contributed by atoms with van der Waals surface area (Å²) in [5, 5.41) is 22.0. The highest BCUT2D eigenvalue weighted by molar-refractivity contribution is 6.07. The second kappa shape index (κ2) is 12.7. The minimum Gasteiger partial charge on any atom is -0.493 e. The molecule has 38 heavy (non-hydrogen) atoms. The summed E-state index contributed by atoms with van der Waals surface area (Å²) < 4.78 is 17.3. The highest BCUT2D eigenvalue weighted by Crippen LogP contribution is 2.38. The quantitative estimate of drug-likeness (QED) is 0.336. The molecular weight excluding hydrogens is 484 g/mol. The fourth-order valence-corrected chi connectivity index (χ4v) is 5.11. The first-order valence-electron chi connectivity index (χ1n) is 12.9. The number of methoxy groups -OCH3 is 3. The third kappa shape index (κ3) is 6.03. The van der Waals surface area contributed by atoms with Crippen LogP contribution in [-0.4, -0.2) is 72.7 Å². The van der Waals surface area contributed by atoms with E-state index in [-0.39, 0.29) is 11.7 Å². The normalized spacial score (nSPS) is 14.5. The molecule has 0 amide bonds. The molecule has 2 N–H and O–H groups in total. The van der Waals surface area contributed by atoms with E-state index in [4.69, 9.17) is 19.3 Å². The predicted molar refractivity (Wildman–Crippen MR) is 149 cm³/mol. The number of para-hydroxylation sites is 2. The van der Waals surface area contributed by atoms with Gasteiger partial charge in [0.05, 0.1) is 39.5 Å². The van der Waals surface area contributed by atoms with Crippen LogP contribution in [0.3, 0.4) is 0 Å². The number of piperidine rings is 1. The molecule has 1 fully saturated rings. The van der Waals surface area contributed by atoms with Crippen LogP contribution in [0.5, 0.6) is 17.2 Å². The number of aliphatic hydroxyl groups is 1. The number of hydrogen-bond donors (Lipinski definition) is 2. The molecule has 8 nitrogen and oxygen atoms in total. The lowest BCUT2D eigenvalue weighted by Gasteiger charge is -2.28. The largest absolute Gasteiger partial charge is 0.493 e. The van der Waals surface area contributed by atoms with Gasteiger partial charge in [-0.25, -0.2) is 4.79 Å². The van der Waals surface area contributed by atoms with Crippen LogP contribution in [0.15, 0.2) is 60.7 Å². The van der Waals surface area contributed by atoms with E-state index < -0.39 is 5.97 Å². The third-order valence-electron chi connectivity index (χ3n) is 6.90. The molecule has 0 saturated carbocycles. The third-order valence-corrected chi connectivity index (χ3v) is 6.90. The number of nitrogens with zero attached hydrogens (tertiary/aromatic N) is 2. The number of fused-ring (bicyclic) bond motifs is 3. The minimum absolute atomic E-state index is 0.0875. The highest BCUT2D eigenvalue weighted by Gasteiger charge is 2.18.